The van der Waals surface area contributed by atoms with Crippen LogP contribution >= 0.6 is 0 Å². The second-order valence-corrected chi connectivity index (χ2v) is 10.9. The molecule has 4 rings (SSSR count). The van der Waals surface area contributed by atoms with Crippen LogP contribution in [0.5, 0.6) is 5.75 Å². The molecule has 1 amide bonds. The van der Waals surface area contributed by atoms with Crippen molar-refractivity contribution in [1.29, 1.82) is 0 Å². The molecule has 1 aliphatic heterocycles. The van der Waals surface area contributed by atoms with E-state index in [0.29, 0.717) is 60.1 Å². The van der Waals surface area contributed by atoms with Gasteiger partial charge in [0, 0.05) is 25.6 Å². The maximum atomic E-state index is 12.8. The molecule has 3 aromatic rings. The number of anilines is 1. The Bertz CT molecular complexity index is 1250. The molecule has 1 fully saturated rings. The number of hydrogen-bond acceptors (Lipinski definition) is 10. The number of nitrogens with two attached hydrogens (primary N) is 1. The van der Waals surface area contributed by atoms with E-state index >= 15 is 0 Å². The van der Waals surface area contributed by atoms with Crippen molar-refractivity contribution in [2.45, 2.75) is 91.0 Å². The van der Waals surface area contributed by atoms with Gasteiger partial charge in [-0.2, -0.15) is 0 Å². The second kappa shape index (κ2) is 10.2. The van der Waals surface area contributed by atoms with Crippen molar-refractivity contribution >= 4 is 22.9 Å². The SMILES string of the molecule is CCn1c(-c2nonc2N)nc2c(C(C)(C)O)ncc(OCCC3CCCCN3C(=O)OC(C)(C)C)c21. The summed E-state index contributed by atoms with van der Waals surface area (Å²) in [5, 5.41) is 18.4. The Balaban J connectivity index is 1.63. The molecule has 12 nitrogen and oxygen atoms in total. The van der Waals surface area contributed by atoms with E-state index in [1.165, 1.54) is 0 Å². The van der Waals surface area contributed by atoms with Crippen LogP contribution in [0.2, 0.25) is 0 Å². The fourth-order valence-corrected chi connectivity index (χ4v) is 4.67. The Morgan fingerprint density at radius 1 is 1.24 bits per heavy atom. The van der Waals surface area contributed by atoms with Crippen LogP contribution in [0.4, 0.5) is 10.6 Å². The highest BCUT2D eigenvalue weighted by molar-refractivity contribution is 5.88. The first-order valence-electron chi connectivity index (χ1n) is 12.7. The summed E-state index contributed by atoms with van der Waals surface area (Å²) >= 11 is 0. The average Bonchev–Trinajstić information content (AvgIpc) is 3.40. The maximum absolute atomic E-state index is 12.8. The highest BCUT2D eigenvalue weighted by atomic mass is 16.6. The Morgan fingerprint density at radius 3 is 2.62 bits per heavy atom. The van der Waals surface area contributed by atoms with Crippen LogP contribution in [0.1, 0.15) is 72.9 Å². The molecule has 1 unspecified atom stereocenters. The number of fused-ring (bicyclic) bond motifs is 1. The van der Waals surface area contributed by atoms with Crippen LogP contribution < -0.4 is 10.5 Å². The van der Waals surface area contributed by atoms with Gasteiger partial charge in [-0.1, -0.05) is 0 Å². The minimum Gasteiger partial charge on any atom is -0.490 e. The molecule has 0 saturated carbocycles. The van der Waals surface area contributed by atoms with Crippen LogP contribution in [0, 0.1) is 0 Å². The zero-order chi connectivity index (χ0) is 27.0. The van der Waals surface area contributed by atoms with Crippen LogP contribution in [0.3, 0.4) is 0 Å². The molecule has 202 valence electrons. The molecule has 1 atom stereocenters. The van der Waals surface area contributed by atoms with Gasteiger partial charge in [0.15, 0.2) is 23.1 Å². The van der Waals surface area contributed by atoms with Crippen molar-refractivity contribution in [3.05, 3.63) is 11.9 Å². The number of likely N-dealkylation sites (tertiary alicyclic amines) is 1. The number of nitrogen functional groups attached to an aromatic ring is 1. The summed E-state index contributed by atoms with van der Waals surface area (Å²) in [7, 11) is 0. The van der Waals surface area contributed by atoms with E-state index in [-0.39, 0.29) is 18.0 Å². The Kier molecular flexibility index (Phi) is 7.31. The number of aliphatic hydroxyl groups is 1. The van der Waals surface area contributed by atoms with Crippen molar-refractivity contribution in [3.63, 3.8) is 0 Å². The lowest BCUT2D eigenvalue weighted by Gasteiger charge is -2.36. The van der Waals surface area contributed by atoms with Crippen LogP contribution in [-0.2, 0) is 16.9 Å². The first-order valence-corrected chi connectivity index (χ1v) is 12.7. The number of rotatable bonds is 7. The zero-order valence-corrected chi connectivity index (χ0v) is 22.4. The minimum absolute atomic E-state index is 0.0235. The normalized spacial score (nSPS) is 16.8. The Morgan fingerprint density at radius 2 is 2.00 bits per heavy atom. The molecule has 1 saturated heterocycles. The maximum Gasteiger partial charge on any atom is 0.410 e. The third-order valence-corrected chi connectivity index (χ3v) is 6.32. The molecular formula is C25H37N7O5. The predicted octanol–water partition coefficient (Wildman–Crippen LogP) is 3.87. The number of aromatic nitrogens is 5. The number of carbonyl (C=O) groups excluding carboxylic acids is 1. The average molecular weight is 516 g/mol. The number of nitrogens with zero attached hydrogens (tertiary/aromatic N) is 6. The molecule has 37 heavy (non-hydrogen) atoms. The monoisotopic (exact) mass is 515 g/mol. The predicted molar refractivity (Wildman–Crippen MR) is 137 cm³/mol. The fourth-order valence-electron chi connectivity index (χ4n) is 4.67. The summed E-state index contributed by atoms with van der Waals surface area (Å²) in [6.45, 7) is 12.4. The summed E-state index contributed by atoms with van der Waals surface area (Å²) in [6, 6.07) is 0.0235. The molecule has 0 aromatic carbocycles. The van der Waals surface area contributed by atoms with Crippen molar-refractivity contribution in [1.82, 2.24) is 29.7 Å². The van der Waals surface area contributed by atoms with Gasteiger partial charge in [-0.25, -0.2) is 14.4 Å². The Hall–Kier alpha value is -3.41. The molecule has 12 heteroatoms. The van der Waals surface area contributed by atoms with Gasteiger partial charge in [0.25, 0.3) is 0 Å². The third kappa shape index (κ3) is 5.63. The van der Waals surface area contributed by atoms with Crippen molar-refractivity contribution in [2.24, 2.45) is 0 Å². The lowest BCUT2D eigenvalue weighted by atomic mass is 10.0. The lowest BCUT2D eigenvalue weighted by molar-refractivity contribution is 0.00744. The molecular weight excluding hydrogens is 478 g/mol. The number of carbonyl (C=O) groups is 1. The van der Waals surface area contributed by atoms with Crippen LogP contribution in [-0.4, -0.2) is 65.7 Å². The first-order chi connectivity index (χ1) is 17.4. The van der Waals surface area contributed by atoms with Crippen LogP contribution in [0.15, 0.2) is 10.8 Å². The van der Waals surface area contributed by atoms with E-state index in [1.807, 2.05) is 37.2 Å². The van der Waals surface area contributed by atoms with Crippen molar-refractivity contribution in [2.75, 3.05) is 18.9 Å². The number of pyridine rings is 1. The van der Waals surface area contributed by atoms with E-state index in [0.717, 1.165) is 19.3 Å². The molecule has 0 spiro atoms. The summed E-state index contributed by atoms with van der Waals surface area (Å²) < 4.78 is 18.6. The number of aryl methyl sites for hydroxylation is 1. The zero-order valence-electron chi connectivity index (χ0n) is 22.4. The van der Waals surface area contributed by atoms with Crippen LogP contribution in [0.25, 0.3) is 22.6 Å². The van der Waals surface area contributed by atoms with E-state index in [9.17, 15) is 9.90 Å². The van der Waals surface area contributed by atoms with Gasteiger partial charge in [0.05, 0.1) is 18.5 Å². The highest BCUT2D eigenvalue weighted by Gasteiger charge is 2.31. The van der Waals surface area contributed by atoms with Gasteiger partial charge in [0.1, 0.15) is 22.2 Å². The highest BCUT2D eigenvalue weighted by Crippen LogP contribution is 2.36. The summed E-state index contributed by atoms with van der Waals surface area (Å²) in [4.78, 5) is 23.8. The number of ether oxygens (including phenoxy) is 2. The summed E-state index contributed by atoms with van der Waals surface area (Å²) in [6.07, 6.45) is 4.85. The third-order valence-electron chi connectivity index (χ3n) is 6.32. The second-order valence-electron chi connectivity index (χ2n) is 10.9. The largest absolute Gasteiger partial charge is 0.490 e. The number of imidazole rings is 1. The molecule has 0 bridgehead atoms. The molecule has 0 aliphatic carbocycles. The van der Waals surface area contributed by atoms with Gasteiger partial charge in [0.2, 0.25) is 0 Å². The topological polar surface area (TPSA) is 155 Å². The minimum atomic E-state index is -1.25. The van der Waals surface area contributed by atoms with Gasteiger partial charge in [-0.05, 0) is 71.1 Å². The Labute approximate surface area is 216 Å². The molecule has 1 aliphatic rings. The van der Waals surface area contributed by atoms with Gasteiger partial charge >= 0.3 is 6.09 Å². The van der Waals surface area contributed by atoms with E-state index in [1.54, 1.807) is 20.0 Å². The lowest BCUT2D eigenvalue weighted by Crippen LogP contribution is -2.46. The van der Waals surface area contributed by atoms with Gasteiger partial charge < -0.3 is 29.8 Å². The molecule has 3 aromatic heterocycles. The van der Waals surface area contributed by atoms with E-state index in [2.05, 4.69) is 15.3 Å². The number of piperidine rings is 1. The molecule has 4 heterocycles. The first kappa shape index (κ1) is 26.6. The fraction of sp³-hybridized carbons (Fsp3) is 0.640. The number of amides is 1. The van der Waals surface area contributed by atoms with E-state index < -0.39 is 11.2 Å². The smallest absolute Gasteiger partial charge is 0.410 e. The summed E-state index contributed by atoms with van der Waals surface area (Å²) in [5.74, 6) is 1.08. The summed E-state index contributed by atoms with van der Waals surface area (Å²) in [5.41, 5.74) is 6.03. The van der Waals surface area contributed by atoms with Crippen molar-refractivity contribution < 1.29 is 24.0 Å². The molecule has 3 N–H and O–H groups in total. The quantitative estimate of drug-likeness (QED) is 0.474. The van der Waals surface area contributed by atoms with Crippen molar-refractivity contribution in [3.8, 4) is 17.3 Å². The van der Waals surface area contributed by atoms with Gasteiger partial charge in [-0.15, -0.1) is 0 Å². The standard InChI is InChI=1S/C25H37N7O5/c1-7-31-19-16(35-13-11-15-10-8-9-12-32(15)23(33)36-24(2,3)4)14-27-20(25(5,6)34)17(19)28-22(31)18-21(26)30-37-29-18/h14-15,34H,7-13H2,1-6H3,(H2,26,30). The number of hydrogen-bond donors (Lipinski definition) is 2. The van der Waals surface area contributed by atoms with Gasteiger partial charge in [-0.3, -0.25) is 4.98 Å². The molecule has 0 radical (unpaired) electrons. The van der Waals surface area contributed by atoms with E-state index in [4.69, 9.17) is 24.8 Å².